The zero-order valence-electron chi connectivity index (χ0n) is 8.93. The minimum Gasteiger partial charge on any atom is -0.335 e. The molecule has 0 amide bonds. The Hall–Kier alpha value is -0.590. The van der Waals surface area contributed by atoms with Crippen LogP contribution >= 0.6 is 11.6 Å². The lowest BCUT2D eigenvalue weighted by atomic mass is 9.85. The van der Waals surface area contributed by atoms with Crippen molar-refractivity contribution in [3.05, 3.63) is 12.5 Å². The molecule has 0 bridgehead atoms. The van der Waals surface area contributed by atoms with Crippen LogP contribution in [0.15, 0.2) is 17.6 Å². The smallest absolute Gasteiger partial charge is 0.259 e. The average Bonchev–Trinajstić information content (AvgIpc) is 2.68. The summed E-state index contributed by atoms with van der Waals surface area (Å²) in [5, 5.41) is 0.352. The fraction of sp³-hybridized carbons (Fsp3) is 0.667. The lowest BCUT2D eigenvalue weighted by Crippen LogP contribution is -2.38. The van der Waals surface area contributed by atoms with Crippen LogP contribution in [0.3, 0.4) is 0 Å². The van der Waals surface area contributed by atoms with Crippen molar-refractivity contribution in [3.8, 4) is 0 Å². The van der Waals surface area contributed by atoms with Crippen LogP contribution in [-0.2, 0) is 10.0 Å². The quantitative estimate of drug-likeness (QED) is 0.826. The van der Waals surface area contributed by atoms with Crippen molar-refractivity contribution in [3.63, 3.8) is 0 Å². The molecule has 0 atom stereocenters. The van der Waals surface area contributed by atoms with Crippen LogP contribution in [-0.4, -0.2) is 41.7 Å². The van der Waals surface area contributed by atoms with Gasteiger partial charge in [-0.1, -0.05) is 0 Å². The lowest BCUT2D eigenvalue weighted by molar-refractivity contribution is 0.268. The average molecular weight is 264 g/mol. The van der Waals surface area contributed by atoms with E-state index >= 15 is 0 Å². The molecule has 1 N–H and O–H groups in total. The number of hydrogen-bond acceptors (Lipinski definition) is 3. The summed E-state index contributed by atoms with van der Waals surface area (Å²) in [6.07, 6.45) is 4.46. The molecule has 0 aliphatic heterocycles. The van der Waals surface area contributed by atoms with E-state index in [-0.39, 0.29) is 10.4 Å². The number of imidazole rings is 1. The van der Waals surface area contributed by atoms with E-state index in [1.54, 1.807) is 7.05 Å². The second-order valence-electron chi connectivity index (χ2n) is 4.14. The minimum atomic E-state index is -3.41. The van der Waals surface area contributed by atoms with E-state index in [0.29, 0.717) is 12.5 Å². The van der Waals surface area contributed by atoms with Crippen LogP contribution in [0, 0.1) is 5.92 Å². The molecule has 90 valence electrons. The van der Waals surface area contributed by atoms with Crippen LogP contribution in [0.25, 0.3) is 0 Å². The van der Waals surface area contributed by atoms with Crippen molar-refractivity contribution >= 4 is 21.6 Å². The molecule has 1 aliphatic rings. The number of rotatable bonds is 4. The van der Waals surface area contributed by atoms with Crippen LogP contribution in [0.4, 0.5) is 0 Å². The molecular formula is C9H14ClN3O2S. The molecule has 1 fully saturated rings. The van der Waals surface area contributed by atoms with Gasteiger partial charge in [0.2, 0.25) is 0 Å². The Kier molecular flexibility index (Phi) is 3.23. The van der Waals surface area contributed by atoms with Crippen molar-refractivity contribution in [1.82, 2.24) is 14.3 Å². The molecule has 7 heteroatoms. The van der Waals surface area contributed by atoms with Gasteiger partial charge in [0.05, 0.1) is 12.5 Å². The second-order valence-corrected chi connectivity index (χ2v) is 6.77. The Morgan fingerprint density at radius 2 is 2.31 bits per heavy atom. The minimum absolute atomic E-state index is 0.136. The van der Waals surface area contributed by atoms with Gasteiger partial charge < -0.3 is 4.98 Å². The number of H-pyrrole nitrogens is 1. The van der Waals surface area contributed by atoms with E-state index in [0.717, 1.165) is 12.8 Å². The van der Waals surface area contributed by atoms with Crippen molar-refractivity contribution in [2.24, 2.45) is 5.92 Å². The third kappa shape index (κ3) is 2.23. The lowest BCUT2D eigenvalue weighted by Gasteiger charge is -2.33. The van der Waals surface area contributed by atoms with Gasteiger partial charge in [-0.05, 0) is 18.8 Å². The summed E-state index contributed by atoms with van der Waals surface area (Å²) in [5.74, 6) is 0.380. The van der Waals surface area contributed by atoms with Gasteiger partial charge in [0.15, 0.2) is 5.03 Å². The Morgan fingerprint density at radius 3 is 2.81 bits per heavy atom. The topological polar surface area (TPSA) is 66.1 Å². The largest absolute Gasteiger partial charge is 0.335 e. The summed E-state index contributed by atoms with van der Waals surface area (Å²) in [6, 6.07) is 0. The Labute approximate surface area is 99.9 Å². The van der Waals surface area contributed by atoms with Gasteiger partial charge in [-0.3, -0.25) is 0 Å². The van der Waals surface area contributed by atoms with E-state index in [9.17, 15) is 8.42 Å². The summed E-state index contributed by atoms with van der Waals surface area (Å²) >= 11 is 5.86. The number of nitrogens with one attached hydrogen (secondary N) is 1. The number of sulfonamides is 1. The first kappa shape index (κ1) is 11.9. The maximum absolute atomic E-state index is 12.0. The van der Waals surface area contributed by atoms with E-state index in [4.69, 9.17) is 11.6 Å². The number of halogens is 1. The third-order valence-electron chi connectivity index (χ3n) is 2.85. The Bertz CT molecular complexity index is 439. The SMILES string of the molecule is CN(CC1CC(Cl)C1)S(=O)(=O)c1cnc[nH]1. The van der Waals surface area contributed by atoms with E-state index in [1.165, 1.54) is 16.8 Å². The highest BCUT2D eigenvalue weighted by Crippen LogP contribution is 2.32. The fourth-order valence-electron chi connectivity index (χ4n) is 1.82. The molecule has 5 nitrogen and oxygen atoms in total. The first-order valence-electron chi connectivity index (χ1n) is 5.09. The van der Waals surface area contributed by atoms with E-state index in [2.05, 4.69) is 9.97 Å². The van der Waals surface area contributed by atoms with Crippen LogP contribution in [0.5, 0.6) is 0 Å². The first-order chi connectivity index (χ1) is 7.50. The van der Waals surface area contributed by atoms with Crippen molar-refractivity contribution in [2.45, 2.75) is 23.2 Å². The molecule has 1 aromatic rings. The van der Waals surface area contributed by atoms with E-state index < -0.39 is 10.0 Å². The van der Waals surface area contributed by atoms with Gasteiger partial charge in [-0.15, -0.1) is 11.6 Å². The highest BCUT2D eigenvalue weighted by atomic mass is 35.5. The normalized spacial score (nSPS) is 25.7. The monoisotopic (exact) mass is 263 g/mol. The number of hydrogen-bond donors (Lipinski definition) is 1. The van der Waals surface area contributed by atoms with Crippen LogP contribution in [0.2, 0.25) is 0 Å². The van der Waals surface area contributed by atoms with Crippen molar-refractivity contribution < 1.29 is 8.42 Å². The number of nitrogens with zero attached hydrogens (tertiary/aromatic N) is 2. The molecule has 2 rings (SSSR count). The number of aromatic nitrogens is 2. The number of alkyl halides is 1. The standard InChI is InChI=1S/C9H14ClN3O2S/c1-13(5-7-2-8(10)3-7)16(14,15)9-4-11-6-12-9/h4,6-8H,2-3,5H2,1H3,(H,11,12). The second kappa shape index (κ2) is 4.35. The summed E-state index contributed by atoms with van der Waals surface area (Å²) in [7, 11) is -1.83. The highest BCUT2D eigenvalue weighted by Gasteiger charge is 2.32. The molecule has 1 aromatic heterocycles. The maximum Gasteiger partial charge on any atom is 0.259 e. The summed E-state index contributed by atoms with van der Waals surface area (Å²) < 4.78 is 25.3. The van der Waals surface area contributed by atoms with Gasteiger partial charge in [0, 0.05) is 19.0 Å². The molecule has 1 saturated carbocycles. The molecule has 1 aliphatic carbocycles. The molecule has 0 aromatic carbocycles. The summed E-state index contributed by atoms with van der Waals surface area (Å²) in [4.78, 5) is 6.32. The fourth-order valence-corrected chi connectivity index (χ4v) is 3.46. The van der Waals surface area contributed by atoms with Crippen LogP contribution < -0.4 is 0 Å². The van der Waals surface area contributed by atoms with E-state index in [1.807, 2.05) is 0 Å². The molecule has 0 saturated heterocycles. The van der Waals surface area contributed by atoms with Gasteiger partial charge in [0.25, 0.3) is 10.0 Å². The predicted molar refractivity (Wildman–Crippen MR) is 60.8 cm³/mol. The van der Waals surface area contributed by atoms with Crippen LogP contribution in [0.1, 0.15) is 12.8 Å². The van der Waals surface area contributed by atoms with Crippen molar-refractivity contribution in [2.75, 3.05) is 13.6 Å². The Morgan fingerprint density at radius 1 is 1.62 bits per heavy atom. The third-order valence-corrected chi connectivity index (χ3v) is 4.96. The predicted octanol–water partition coefficient (Wildman–Crippen LogP) is 1.05. The molecular weight excluding hydrogens is 250 g/mol. The molecule has 1 heterocycles. The zero-order valence-corrected chi connectivity index (χ0v) is 10.5. The maximum atomic E-state index is 12.0. The first-order valence-corrected chi connectivity index (χ1v) is 6.96. The van der Waals surface area contributed by atoms with Gasteiger partial charge >= 0.3 is 0 Å². The van der Waals surface area contributed by atoms with Gasteiger partial charge in [0.1, 0.15) is 0 Å². The summed E-state index contributed by atoms with van der Waals surface area (Å²) in [6.45, 7) is 0.518. The van der Waals surface area contributed by atoms with Gasteiger partial charge in [-0.25, -0.2) is 13.4 Å². The molecule has 0 radical (unpaired) electrons. The van der Waals surface area contributed by atoms with Gasteiger partial charge in [-0.2, -0.15) is 4.31 Å². The number of aromatic amines is 1. The highest BCUT2D eigenvalue weighted by molar-refractivity contribution is 7.89. The molecule has 16 heavy (non-hydrogen) atoms. The summed E-state index contributed by atoms with van der Waals surface area (Å²) in [5.41, 5.74) is 0. The Balaban J connectivity index is 2.01. The van der Waals surface area contributed by atoms with Crippen molar-refractivity contribution in [1.29, 1.82) is 0 Å². The zero-order chi connectivity index (χ0) is 11.8. The molecule has 0 spiro atoms. The molecule has 0 unspecified atom stereocenters.